The number of nitrogens with zero attached hydrogens (tertiary/aromatic N) is 4. The van der Waals surface area contributed by atoms with Crippen molar-refractivity contribution < 1.29 is 13.6 Å². The molecule has 1 aromatic carbocycles. The normalized spacial score (nSPS) is 16.9. The first kappa shape index (κ1) is 20.9. The highest BCUT2D eigenvalue weighted by Crippen LogP contribution is 2.34. The first-order valence-electron chi connectivity index (χ1n) is 11.5. The van der Waals surface area contributed by atoms with Gasteiger partial charge in [0.2, 0.25) is 5.91 Å². The molecule has 0 unspecified atom stereocenters. The van der Waals surface area contributed by atoms with Crippen molar-refractivity contribution in [2.24, 2.45) is 0 Å². The standard InChI is InChI=1S/C25H29FN4O2/c1-16-12-19(8-9-20(16)26)22-13-30(25(28-22)18-6-4-3-5-7-18)15-24(31)29-11-10-21-23(14-29)32-17(2)27-21/h8-9,12-13,18H,3-7,10-11,14-15H2,1-2H3. The van der Waals surface area contributed by atoms with Crippen LogP contribution in [0.4, 0.5) is 4.39 Å². The number of imidazole rings is 1. The summed E-state index contributed by atoms with van der Waals surface area (Å²) < 4.78 is 21.5. The predicted molar refractivity (Wildman–Crippen MR) is 119 cm³/mol. The lowest BCUT2D eigenvalue weighted by molar-refractivity contribution is -0.133. The highest BCUT2D eigenvalue weighted by Gasteiger charge is 2.27. The lowest BCUT2D eigenvalue weighted by Gasteiger charge is -2.27. The summed E-state index contributed by atoms with van der Waals surface area (Å²) in [5.74, 6) is 2.62. The molecule has 0 atom stereocenters. The quantitative estimate of drug-likeness (QED) is 0.582. The molecule has 3 heterocycles. The Hall–Kier alpha value is -2.96. The third-order valence-corrected chi connectivity index (χ3v) is 6.73. The van der Waals surface area contributed by atoms with E-state index in [1.165, 1.54) is 25.3 Å². The van der Waals surface area contributed by atoms with E-state index in [2.05, 4.69) is 4.98 Å². The molecule has 1 fully saturated rings. The molecule has 7 heteroatoms. The van der Waals surface area contributed by atoms with Crippen LogP contribution in [0.5, 0.6) is 0 Å². The number of carbonyl (C=O) groups is 1. The Balaban J connectivity index is 1.42. The fourth-order valence-electron chi connectivity index (χ4n) is 4.97. The highest BCUT2D eigenvalue weighted by atomic mass is 19.1. The second-order valence-electron chi connectivity index (χ2n) is 9.08. The second kappa shape index (κ2) is 8.52. The zero-order valence-electron chi connectivity index (χ0n) is 18.7. The van der Waals surface area contributed by atoms with E-state index in [0.717, 1.165) is 47.8 Å². The van der Waals surface area contributed by atoms with Gasteiger partial charge >= 0.3 is 0 Å². The van der Waals surface area contributed by atoms with Crippen LogP contribution in [0.2, 0.25) is 0 Å². The molecule has 5 rings (SSSR count). The van der Waals surface area contributed by atoms with E-state index < -0.39 is 0 Å². The van der Waals surface area contributed by atoms with E-state index >= 15 is 0 Å². The minimum atomic E-state index is -0.219. The van der Waals surface area contributed by atoms with Crippen molar-refractivity contribution in [2.45, 2.75) is 71.4 Å². The Morgan fingerprint density at radius 3 is 2.78 bits per heavy atom. The van der Waals surface area contributed by atoms with Crippen LogP contribution >= 0.6 is 0 Å². The van der Waals surface area contributed by atoms with Crippen molar-refractivity contribution >= 4 is 5.91 Å². The number of aromatic nitrogens is 3. The minimum Gasteiger partial charge on any atom is -0.444 e. The number of hydrogen-bond donors (Lipinski definition) is 0. The third kappa shape index (κ3) is 4.08. The van der Waals surface area contributed by atoms with Crippen molar-refractivity contribution in [1.29, 1.82) is 0 Å². The summed E-state index contributed by atoms with van der Waals surface area (Å²) in [6.07, 6.45) is 8.51. The van der Waals surface area contributed by atoms with E-state index in [9.17, 15) is 9.18 Å². The molecule has 6 nitrogen and oxygen atoms in total. The number of hydrogen-bond acceptors (Lipinski definition) is 4. The molecule has 1 aliphatic carbocycles. The lowest BCUT2D eigenvalue weighted by Crippen LogP contribution is -2.38. The number of carbonyl (C=O) groups excluding carboxylic acids is 1. The van der Waals surface area contributed by atoms with Crippen LogP contribution in [0.3, 0.4) is 0 Å². The Labute approximate surface area is 187 Å². The van der Waals surface area contributed by atoms with E-state index in [1.807, 2.05) is 28.7 Å². The number of aryl methyl sites for hydroxylation is 2. The molecule has 0 spiro atoms. The molecule has 2 aliphatic rings. The number of oxazole rings is 1. The zero-order valence-corrected chi connectivity index (χ0v) is 18.7. The summed E-state index contributed by atoms with van der Waals surface area (Å²) in [6, 6.07) is 5.08. The van der Waals surface area contributed by atoms with Crippen LogP contribution in [-0.4, -0.2) is 31.9 Å². The van der Waals surface area contributed by atoms with Gasteiger partial charge < -0.3 is 13.9 Å². The van der Waals surface area contributed by atoms with Gasteiger partial charge in [0.05, 0.1) is 17.9 Å². The molecule has 1 saturated carbocycles. The number of fused-ring (bicyclic) bond motifs is 1. The molecule has 0 saturated heterocycles. The van der Waals surface area contributed by atoms with E-state index in [1.54, 1.807) is 13.0 Å². The van der Waals surface area contributed by atoms with Crippen LogP contribution < -0.4 is 0 Å². The van der Waals surface area contributed by atoms with Gasteiger partial charge in [0, 0.05) is 37.6 Å². The number of amides is 1. The summed E-state index contributed by atoms with van der Waals surface area (Å²) in [4.78, 5) is 24.4. The molecule has 2 aromatic heterocycles. The summed E-state index contributed by atoms with van der Waals surface area (Å²) >= 11 is 0. The van der Waals surface area contributed by atoms with Gasteiger partial charge in [-0.05, 0) is 43.5 Å². The summed E-state index contributed by atoms with van der Waals surface area (Å²) in [6.45, 7) is 4.96. The fraction of sp³-hybridized carbons (Fsp3) is 0.480. The maximum atomic E-state index is 13.8. The molecular weight excluding hydrogens is 407 g/mol. The van der Waals surface area contributed by atoms with Crippen molar-refractivity contribution in [3.8, 4) is 11.3 Å². The van der Waals surface area contributed by atoms with Crippen LogP contribution in [0.1, 0.15) is 66.8 Å². The maximum absolute atomic E-state index is 13.8. The summed E-state index contributed by atoms with van der Waals surface area (Å²) in [7, 11) is 0. The van der Waals surface area contributed by atoms with Gasteiger partial charge in [-0.2, -0.15) is 0 Å². The van der Waals surface area contributed by atoms with Gasteiger partial charge in [-0.15, -0.1) is 0 Å². The predicted octanol–water partition coefficient (Wildman–Crippen LogP) is 4.93. The minimum absolute atomic E-state index is 0.0565. The zero-order chi connectivity index (χ0) is 22.2. The topological polar surface area (TPSA) is 64.2 Å². The van der Waals surface area contributed by atoms with Crippen LogP contribution in [0.25, 0.3) is 11.3 Å². The number of halogens is 1. The van der Waals surface area contributed by atoms with Crippen LogP contribution in [0, 0.1) is 19.7 Å². The first-order chi connectivity index (χ1) is 15.5. The SMILES string of the molecule is Cc1nc2c(o1)CN(C(=O)Cn1cc(-c3ccc(F)c(C)c3)nc1C1CCCCC1)CC2. The number of benzene rings is 1. The third-order valence-electron chi connectivity index (χ3n) is 6.73. The summed E-state index contributed by atoms with van der Waals surface area (Å²) in [5, 5.41) is 0. The average Bonchev–Trinajstić information content (AvgIpc) is 3.38. The van der Waals surface area contributed by atoms with Gasteiger partial charge in [-0.25, -0.2) is 14.4 Å². The van der Waals surface area contributed by atoms with Gasteiger partial charge in [0.1, 0.15) is 23.9 Å². The Morgan fingerprint density at radius 1 is 1.19 bits per heavy atom. The molecule has 168 valence electrons. The molecule has 3 aromatic rings. The van der Waals surface area contributed by atoms with Crippen molar-refractivity contribution in [3.05, 3.63) is 58.9 Å². The molecule has 1 amide bonds. The Bertz CT molecular complexity index is 1140. The van der Waals surface area contributed by atoms with Gasteiger partial charge in [0.25, 0.3) is 0 Å². The van der Waals surface area contributed by atoms with Gasteiger partial charge in [-0.3, -0.25) is 4.79 Å². The highest BCUT2D eigenvalue weighted by molar-refractivity contribution is 5.76. The van der Waals surface area contributed by atoms with Crippen molar-refractivity contribution in [2.75, 3.05) is 6.54 Å². The maximum Gasteiger partial charge on any atom is 0.242 e. The second-order valence-corrected chi connectivity index (χ2v) is 9.08. The van der Waals surface area contributed by atoms with Crippen LogP contribution in [0.15, 0.2) is 28.8 Å². The summed E-state index contributed by atoms with van der Waals surface area (Å²) in [5.41, 5.74) is 3.24. The molecule has 0 N–H and O–H groups in total. The monoisotopic (exact) mass is 436 g/mol. The lowest BCUT2D eigenvalue weighted by atomic mass is 9.88. The Kier molecular flexibility index (Phi) is 5.57. The van der Waals surface area contributed by atoms with Gasteiger partial charge in [0.15, 0.2) is 5.89 Å². The van der Waals surface area contributed by atoms with Crippen molar-refractivity contribution in [1.82, 2.24) is 19.4 Å². The largest absolute Gasteiger partial charge is 0.444 e. The first-order valence-corrected chi connectivity index (χ1v) is 11.5. The van der Waals surface area contributed by atoms with E-state index in [0.29, 0.717) is 30.5 Å². The molecule has 1 aliphatic heterocycles. The van der Waals surface area contributed by atoms with Crippen LogP contribution in [-0.2, 0) is 24.3 Å². The molecule has 32 heavy (non-hydrogen) atoms. The molecule has 0 radical (unpaired) electrons. The smallest absolute Gasteiger partial charge is 0.242 e. The molecular formula is C25H29FN4O2. The van der Waals surface area contributed by atoms with Crippen molar-refractivity contribution in [3.63, 3.8) is 0 Å². The average molecular weight is 437 g/mol. The van der Waals surface area contributed by atoms with E-state index in [4.69, 9.17) is 9.40 Å². The van der Waals surface area contributed by atoms with E-state index in [-0.39, 0.29) is 18.3 Å². The Morgan fingerprint density at radius 2 is 2.00 bits per heavy atom. The fourth-order valence-corrected chi connectivity index (χ4v) is 4.97. The number of rotatable bonds is 4. The molecule has 0 bridgehead atoms. The van der Waals surface area contributed by atoms with Gasteiger partial charge in [-0.1, -0.05) is 19.3 Å².